The van der Waals surface area contributed by atoms with Crippen LogP contribution >= 0.6 is 0 Å². The molecule has 0 saturated heterocycles. The van der Waals surface area contributed by atoms with E-state index in [1.165, 1.54) is 5.56 Å². The summed E-state index contributed by atoms with van der Waals surface area (Å²) in [5.41, 5.74) is 2.35. The first-order valence-corrected chi connectivity index (χ1v) is 8.71. The molecule has 134 valence electrons. The molecule has 4 heteroatoms. The summed E-state index contributed by atoms with van der Waals surface area (Å²) in [7, 11) is 0. The molecule has 2 aromatic carbocycles. The fraction of sp³-hybridized carbons (Fsp3) is 0.381. The molecule has 2 aromatic rings. The number of aryl methyl sites for hydroxylation is 2. The van der Waals surface area contributed by atoms with E-state index in [1.807, 2.05) is 76.2 Å². The molecule has 2 rings (SSSR count). The minimum absolute atomic E-state index is 0.107. The Morgan fingerprint density at radius 1 is 0.960 bits per heavy atom. The molecule has 1 amide bonds. The van der Waals surface area contributed by atoms with E-state index in [1.54, 1.807) is 0 Å². The van der Waals surface area contributed by atoms with Gasteiger partial charge in [-0.2, -0.15) is 0 Å². The number of hydrogen-bond donors (Lipinski definition) is 1. The summed E-state index contributed by atoms with van der Waals surface area (Å²) in [6, 6.07) is 15.5. The average molecular weight is 341 g/mol. The minimum Gasteiger partial charge on any atom is -0.491 e. The van der Waals surface area contributed by atoms with Gasteiger partial charge in [0.25, 0.3) is 5.91 Å². The zero-order chi connectivity index (χ0) is 18.2. The summed E-state index contributed by atoms with van der Waals surface area (Å²) in [5, 5.41) is 2.96. The first kappa shape index (κ1) is 18.8. The first-order chi connectivity index (χ1) is 12.0. The molecule has 0 fully saturated rings. The van der Waals surface area contributed by atoms with Gasteiger partial charge in [-0.1, -0.05) is 42.3 Å². The number of nitrogens with one attached hydrogen (secondary N) is 1. The van der Waals surface area contributed by atoms with Crippen molar-refractivity contribution in [2.75, 3.05) is 6.61 Å². The molecule has 0 heterocycles. The highest BCUT2D eigenvalue weighted by Crippen LogP contribution is 2.15. The SMILES string of the molecule is CCC(Oc1ccc(C)cc1)C(=O)NC(C)COc1ccc(C)cc1. The lowest BCUT2D eigenvalue weighted by Crippen LogP contribution is -2.44. The van der Waals surface area contributed by atoms with Gasteiger partial charge >= 0.3 is 0 Å². The Labute approximate surface area is 150 Å². The van der Waals surface area contributed by atoms with Gasteiger partial charge in [-0.15, -0.1) is 0 Å². The van der Waals surface area contributed by atoms with Crippen molar-refractivity contribution in [1.82, 2.24) is 5.32 Å². The van der Waals surface area contributed by atoms with Crippen LogP contribution in [0.2, 0.25) is 0 Å². The molecule has 1 N–H and O–H groups in total. The fourth-order valence-corrected chi connectivity index (χ4v) is 2.34. The van der Waals surface area contributed by atoms with E-state index in [9.17, 15) is 4.79 Å². The van der Waals surface area contributed by atoms with Crippen LogP contribution in [0.1, 0.15) is 31.4 Å². The molecule has 0 bridgehead atoms. The van der Waals surface area contributed by atoms with Gasteiger partial charge in [-0.05, 0) is 51.5 Å². The predicted molar refractivity (Wildman–Crippen MR) is 100 cm³/mol. The smallest absolute Gasteiger partial charge is 0.261 e. The lowest BCUT2D eigenvalue weighted by Gasteiger charge is -2.21. The number of benzene rings is 2. The maximum absolute atomic E-state index is 12.4. The Kier molecular flexibility index (Phi) is 6.87. The van der Waals surface area contributed by atoms with Crippen LogP contribution in [-0.2, 0) is 4.79 Å². The summed E-state index contributed by atoms with van der Waals surface area (Å²) in [5.74, 6) is 1.38. The van der Waals surface area contributed by atoms with Gasteiger partial charge in [0, 0.05) is 0 Å². The van der Waals surface area contributed by atoms with Crippen LogP contribution in [0.25, 0.3) is 0 Å². The summed E-state index contributed by atoms with van der Waals surface area (Å²) >= 11 is 0. The number of carbonyl (C=O) groups excluding carboxylic acids is 1. The predicted octanol–water partition coefficient (Wildman–Crippen LogP) is 4.04. The van der Waals surface area contributed by atoms with Crippen molar-refractivity contribution in [2.45, 2.75) is 46.3 Å². The minimum atomic E-state index is -0.510. The fourth-order valence-electron chi connectivity index (χ4n) is 2.34. The molecule has 0 radical (unpaired) electrons. The standard InChI is InChI=1S/C21H27NO3/c1-5-20(25-19-12-8-16(3)9-13-19)21(23)22-17(4)14-24-18-10-6-15(2)7-11-18/h6-13,17,20H,5,14H2,1-4H3,(H,22,23). The van der Waals surface area contributed by atoms with E-state index in [0.717, 1.165) is 11.3 Å². The molecule has 0 saturated carbocycles. The molecule has 4 nitrogen and oxygen atoms in total. The highest BCUT2D eigenvalue weighted by atomic mass is 16.5. The van der Waals surface area contributed by atoms with Gasteiger partial charge in [0.15, 0.2) is 6.10 Å². The Bertz CT molecular complexity index is 665. The summed E-state index contributed by atoms with van der Waals surface area (Å²) < 4.78 is 11.5. The molecule has 0 aromatic heterocycles. The molecular weight excluding hydrogens is 314 g/mol. The van der Waals surface area contributed by atoms with E-state index in [-0.39, 0.29) is 11.9 Å². The summed E-state index contributed by atoms with van der Waals surface area (Å²) in [6.07, 6.45) is 0.0927. The van der Waals surface area contributed by atoms with Gasteiger partial charge in [-0.25, -0.2) is 0 Å². The highest BCUT2D eigenvalue weighted by Gasteiger charge is 2.20. The molecule has 25 heavy (non-hydrogen) atoms. The summed E-state index contributed by atoms with van der Waals surface area (Å²) in [6.45, 7) is 8.32. The average Bonchev–Trinajstić information content (AvgIpc) is 2.60. The van der Waals surface area contributed by atoms with E-state index in [4.69, 9.17) is 9.47 Å². The quantitative estimate of drug-likeness (QED) is 0.788. The van der Waals surface area contributed by atoms with Gasteiger partial charge in [0.1, 0.15) is 18.1 Å². The van der Waals surface area contributed by atoms with Crippen molar-refractivity contribution < 1.29 is 14.3 Å². The van der Waals surface area contributed by atoms with Crippen molar-refractivity contribution in [1.29, 1.82) is 0 Å². The summed E-state index contributed by atoms with van der Waals surface area (Å²) in [4.78, 5) is 12.4. The van der Waals surface area contributed by atoms with Crippen LogP contribution < -0.4 is 14.8 Å². The Hall–Kier alpha value is -2.49. The molecule has 0 spiro atoms. The van der Waals surface area contributed by atoms with Crippen molar-refractivity contribution >= 4 is 5.91 Å². The topological polar surface area (TPSA) is 47.6 Å². The second kappa shape index (κ2) is 9.11. The maximum atomic E-state index is 12.4. The van der Waals surface area contributed by atoms with Crippen molar-refractivity contribution in [3.63, 3.8) is 0 Å². The molecule has 2 unspecified atom stereocenters. The third kappa shape index (κ3) is 6.14. The van der Waals surface area contributed by atoms with Crippen molar-refractivity contribution in [2.24, 2.45) is 0 Å². The van der Waals surface area contributed by atoms with E-state index >= 15 is 0 Å². The molecular formula is C21H27NO3. The number of carbonyl (C=O) groups is 1. The van der Waals surface area contributed by atoms with Gasteiger partial charge in [0.05, 0.1) is 6.04 Å². The Morgan fingerprint density at radius 2 is 1.48 bits per heavy atom. The Balaban J connectivity index is 1.83. The van der Waals surface area contributed by atoms with Crippen LogP contribution in [0.15, 0.2) is 48.5 Å². The zero-order valence-corrected chi connectivity index (χ0v) is 15.4. The largest absolute Gasteiger partial charge is 0.491 e. The van der Waals surface area contributed by atoms with Crippen LogP contribution in [-0.4, -0.2) is 24.7 Å². The maximum Gasteiger partial charge on any atom is 0.261 e. The van der Waals surface area contributed by atoms with Gasteiger partial charge in [-0.3, -0.25) is 4.79 Å². The second-order valence-electron chi connectivity index (χ2n) is 6.36. The lowest BCUT2D eigenvalue weighted by molar-refractivity contribution is -0.128. The molecule has 0 aliphatic rings. The third-order valence-corrected chi connectivity index (χ3v) is 3.87. The second-order valence-corrected chi connectivity index (χ2v) is 6.36. The normalized spacial score (nSPS) is 13.0. The number of hydrogen-bond acceptors (Lipinski definition) is 3. The van der Waals surface area contributed by atoms with Crippen molar-refractivity contribution in [3.8, 4) is 11.5 Å². The van der Waals surface area contributed by atoms with Crippen LogP contribution in [0.5, 0.6) is 11.5 Å². The zero-order valence-electron chi connectivity index (χ0n) is 15.4. The number of ether oxygens (including phenoxy) is 2. The Morgan fingerprint density at radius 3 is 2.00 bits per heavy atom. The molecule has 2 atom stereocenters. The van der Waals surface area contributed by atoms with Crippen molar-refractivity contribution in [3.05, 3.63) is 59.7 Å². The van der Waals surface area contributed by atoms with E-state index in [0.29, 0.717) is 18.8 Å². The number of rotatable bonds is 8. The van der Waals surface area contributed by atoms with Gasteiger partial charge < -0.3 is 14.8 Å². The van der Waals surface area contributed by atoms with E-state index in [2.05, 4.69) is 5.32 Å². The molecule has 0 aliphatic heterocycles. The third-order valence-electron chi connectivity index (χ3n) is 3.87. The van der Waals surface area contributed by atoms with Gasteiger partial charge in [0.2, 0.25) is 0 Å². The van der Waals surface area contributed by atoms with E-state index < -0.39 is 6.10 Å². The highest BCUT2D eigenvalue weighted by molar-refractivity contribution is 5.81. The lowest BCUT2D eigenvalue weighted by atomic mass is 10.2. The number of amides is 1. The first-order valence-electron chi connectivity index (χ1n) is 8.71. The molecule has 0 aliphatic carbocycles. The van der Waals surface area contributed by atoms with Crippen LogP contribution in [0.4, 0.5) is 0 Å². The van der Waals surface area contributed by atoms with Crippen LogP contribution in [0.3, 0.4) is 0 Å². The van der Waals surface area contributed by atoms with Crippen LogP contribution in [0, 0.1) is 13.8 Å². The monoisotopic (exact) mass is 341 g/mol.